The fraction of sp³-hybridized carbons (Fsp3) is 0.467. The highest BCUT2D eigenvalue weighted by Gasteiger charge is 2.39. The van der Waals surface area contributed by atoms with Crippen LogP contribution in [0.3, 0.4) is 0 Å². The van der Waals surface area contributed by atoms with Gasteiger partial charge in [0.1, 0.15) is 11.8 Å². The number of ether oxygens (including phenoxy) is 1. The minimum Gasteiger partial charge on any atom is -0.494 e. The molecule has 6 heteroatoms. The van der Waals surface area contributed by atoms with Crippen LogP contribution in [0.2, 0.25) is 0 Å². The van der Waals surface area contributed by atoms with E-state index in [1.165, 1.54) is 16.7 Å². The second kappa shape index (κ2) is 6.85. The topological polar surface area (TPSA) is 66.8 Å². The minimum absolute atomic E-state index is 0.130. The Balaban J connectivity index is 2.13. The van der Waals surface area contributed by atoms with E-state index in [1.807, 2.05) is 13.8 Å². The average Bonchev–Trinajstić information content (AvgIpc) is 2.87. The molecule has 1 amide bonds. The smallest absolute Gasteiger partial charge is 0.327 e. The van der Waals surface area contributed by atoms with Crippen molar-refractivity contribution in [3.63, 3.8) is 0 Å². The van der Waals surface area contributed by atoms with Gasteiger partial charge in [0.2, 0.25) is 0 Å². The Bertz CT molecular complexity index is 517. The first-order valence-electron chi connectivity index (χ1n) is 6.94. The molecule has 2 unspecified atom stereocenters. The van der Waals surface area contributed by atoms with Crippen molar-refractivity contribution in [1.82, 2.24) is 4.90 Å². The average molecular weight is 309 g/mol. The van der Waals surface area contributed by atoms with E-state index in [0.29, 0.717) is 23.7 Å². The number of hydrogen-bond acceptors (Lipinski definition) is 4. The van der Waals surface area contributed by atoms with Crippen molar-refractivity contribution in [2.75, 3.05) is 12.4 Å². The summed E-state index contributed by atoms with van der Waals surface area (Å²) >= 11 is 1.48. The summed E-state index contributed by atoms with van der Waals surface area (Å²) in [6, 6.07) is 6.09. The molecule has 1 aromatic carbocycles. The van der Waals surface area contributed by atoms with Crippen LogP contribution in [0.1, 0.15) is 30.6 Å². The number of hydrogen-bond donors (Lipinski definition) is 1. The third-order valence-electron chi connectivity index (χ3n) is 3.32. The second-order valence-corrected chi connectivity index (χ2v) is 6.22. The van der Waals surface area contributed by atoms with E-state index in [2.05, 4.69) is 0 Å². The molecule has 5 nitrogen and oxygen atoms in total. The van der Waals surface area contributed by atoms with Gasteiger partial charge >= 0.3 is 5.97 Å². The molecule has 1 heterocycles. The van der Waals surface area contributed by atoms with Crippen molar-refractivity contribution < 1.29 is 19.4 Å². The first-order valence-corrected chi connectivity index (χ1v) is 7.99. The van der Waals surface area contributed by atoms with Crippen LogP contribution < -0.4 is 4.74 Å². The lowest BCUT2D eigenvalue weighted by molar-refractivity contribution is -0.141. The molecule has 0 bridgehead atoms. The molecule has 1 saturated heterocycles. The van der Waals surface area contributed by atoms with Crippen LogP contribution in [-0.4, -0.2) is 45.7 Å². The van der Waals surface area contributed by atoms with Crippen LogP contribution in [0.15, 0.2) is 24.3 Å². The van der Waals surface area contributed by atoms with Crippen molar-refractivity contribution >= 4 is 23.6 Å². The summed E-state index contributed by atoms with van der Waals surface area (Å²) in [5.41, 5.74) is 0.486. The number of amides is 1. The van der Waals surface area contributed by atoms with Crippen LogP contribution >= 0.6 is 11.8 Å². The number of thioether (sulfide) groups is 1. The summed E-state index contributed by atoms with van der Waals surface area (Å²) in [5.74, 6) is -0.0583. The van der Waals surface area contributed by atoms with Gasteiger partial charge in [-0.25, -0.2) is 4.79 Å². The molecule has 1 aliphatic rings. The molecule has 0 aromatic heterocycles. The third-order valence-corrected chi connectivity index (χ3v) is 4.53. The molecule has 21 heavy (non-hydrogen) atoms. The maximum absolute atomic E-state index is 12.5. The maximum Gasteiger partial charge on any atom is 0.327 e. The molecule has 0 radical (unpaired) electrons. The number of aliphatic carboxylic acids is 1. The van der Waals surface area contributed by atoms with Crippen molar-refractivity contribution in [2.24, 2.45) is 0 Å². The van der Waals surface area contributed by atoms with Gasteiger partial charge in [-0.05, 0) is 37.6 Å². The highest BCUT2D eigenvalue weighted by Crippen LogP contribution is 2.30. The molecular weight excluding hydrogens is 290 g/mol. The Morgan fingerprint density at radius 1 is 1.38 bits per heavy atom. The standard InChI is InChI=1S/C15H19NO4S/c1-3-8-20-12-6-4-11(5-7-12)14(17)16-10(2)21-9-13(16)15(18)19/h4-7,10,13H,3,8-9H2,1-2H3,(H,18,19). The molecular formula is C15H19NO4S. The van der Waals surface area contributed by atoms with E-state index in [0.717, 1.165) is 6.42 Å². The Kier molecular flexibility index (Phi) is 5.12. The lowest BCUT2D eigenvalue weighted by atomic mass is 10.1. The summed E-state index contributed by atoms with van der Waals surface area (Å²) in [6.45, 7) is 4.51. The van der Waals surface area contributed by atoms with Crippen molar-refractivity contribution in [1.29, 1.82) is 0 Å². The van der Waals surface area contributed by atoms with Gasteiger partial charge < -0.3 is 14.7 Å². The fourth-order valence-corrected chi connectivity index (χ4v) is 3.37. The predicted octanol–water partition coefficient (Wildman–Crippen LogP) is 2.46. The van der Waals surface area contributed by atoms with Gasteiger partial charge in [-0.3, -0.25) is 4.79 Å². The SMILES string of the molecule is CCCOc1ccc(C(=O)N2C(C)SCC2C(=O)O)cc1. The lowest BCUT2D eigenvalue weighted by Gasteiger charge is -2.25. The molecule has 1 N–H and O–H groups in total. The van der Waals surface area contributed by atoms with Gasteiger partial charge in [-0.1, -0.05) is 6.92 Å². The largest absolute Gasteiger partial charge is 0.494 e. The second-order valence-electron chi connectivity index (χ2n) is 4.87. The van der Waals surface area contributed by atoms with Crippen LogP contribution in [-0.2, 0) is 4.79 Å². The van der Waals surface area contributed by atoms with Gasteiger partial charge in [-0.15, -0.1) is 11.8 Å². The van der Waals surface area contributed by atoms with E-state index >= 15 is 0 Å². The van der Waals surface area contributed by atoms with Crippen molar-refractivity contribution in [2.45, 2.75) is 31.7 Å². The Hall–Kier alpha value is -1.69. The molecule has 0 aliphatic carbocycles. The van der Waals surface area contributed by atoms with E-state index in [9.17, 15) is 14.7 Å². The summed E-state index contributed by atoms with van der Waals surface area (Å²) in [6.07, 6.45) is 0.920. The monoisotopic (exact) mass is 309 g/mol. The zero-order valence-corrected chi connectivity index (χ0v) is 12.9. The minimum atomic E-state index is -0.955. The molecule has 0 saturated carbocycles. The number of carboxylic acids is 1. The normalized spacial score (nSPS) is 21.3. The molecule has 0 spiro atoms. The van der Waals surface area contributed by atoms with E-state index in [-0.39, 0.29) is 11.3 Å². The van der Waals surface area contributed by atoms with E-state index < -0.39 is 12.0 Å². The van der Waals surface area contributed by atoms with E-state index in [4.69, 9.17) is 4.74 Å². The number of rotatable bonds is 5. The van der Waals surface area contributed by atoms with Crippen LogP contribution in [0.5, 0.6) is 5.75 Å². The molecule has 1 fully saturated rings. The molecule has 2 rings (SSSR count). The first-order chi connectivity index (χ1) is 10.0. The molecule has 114 valence electrons. The quantitative estimate of drug-likeness (QED) is 0.905. The number of carboxylic acid groups (broad SMARTS) is 1. The van der Waals surface area contributed by atoms with Gasteiger partial charge in [-0.2, -0.15) is 0 Å². The Morgan fingerprint density at radius 3 is 2.62 bits per heavy atom. The summed E-state index contributed by atoms with van der Waals surface area (Å²) in [5, 5.41) is 9.08. The maximum atomic E-state index is 12.5. The number of carbonyl (C=O) groups is 2. The highest BCUT2D eigenvalue weighted by molar-refractivity contribution is 8.00. The van der Waals surface area contributed by atoms with Gasteiger partial charge in [0.25, 0.3) is 5.91 Å². The lowest BCUT2D eigenvalue weighted by Crippen LogP contribution is -2.44. The highest BCUT2D eigenvalue weighted by atomic mass is 32.2. The zero-order valence-electron chi connectivity index (χ0n) is 12.1. The van der Waals surface area contributed by atoms with Crippen molar-refractivity contribution in [3.8, 4) is 5.75 Å². The van der Waals surface area contributed by atoms with E-state index in [1.54, 1.807) is 24.3 Å². The van der Waals surface area contributed by atoms with Gasteiger partial charge in [0.15, 0.2) is 0 Å². The number of nitrogens with zero attached hydrogens (tertiary/aromatic N) is 1. The summed E-state index contributed by atoms with van der Waals surface area (Å²) in [7, 11) is 0. The van der Waals surface area contributed by atoms with Crippen LogP contribution in [0.25, 0.3) is 0 Å². The Labute approximate surface area is 128 Å². The van der Waals surface area contributed by atoms with Crippen LogP contribution in [0.4, 0.5) is 0 Å². The fourth-order valence-electron chi connectivity index (χ4n) is 2.20. The van der Waals surface area contributed by atoms with Gasteiger partial charge in [0.05, 0.1) is 12.0 Å². The van der Waals surface area contributed by atoms with Gasteiger partial charge in [0, 0.05) is 11.3 Å². The summed E-state index contributed by atoms with van der Waals surface area (Å²) < 4.78 is 5.47. The third kappa shape index (κ3) is 3.50. The molecule has 2 atom stereocenters. The van der Waals surface area contributed by atoms with Crippen molar-refractivity contribution in [3.05, 3.63) is 29.8 Å². The first kappa shape index (κ1) is 15.7. The molecule has 1 aliphatic heterocycles. The Morgan fingerprint density at radius 2 is 2.05 bits per heavy atom. The number of benzene rings is 1. The summed E-state index contributed by atoms with van der Waals surface area (Å²) in [4.78, 5) is 25.2. The number of carbonyl (C=O) groups excluding carboxylic acids is 1. The molecule has 1 aromatic rings. The zero-order chi connectivity index (χ0) is 15.4. The predicted molar refractivity (Wildman–Crippen MR) is 81.7 cm³/mol. The van der Waals surface area contributed by atoms with Crippen LogP contribution in [0, 0.1) is 0 Å².